The van der Waals surface area contributed by atoms with Gasteiger partial charge < -0.3 is 5.11 Å². The van der Waals surface area contributed by atoms with E-state index < -0.39 is 0 Å². The highest BCUT2D eigenvalue weighted by molar-refractivity contribution is 5.85. The lowest BCUT2D eigenvalue weighted by Crippen LogP contribution is -2.20. The lowest BCUT2D eigenvalue weighted by molar-refractivity contribution is 0.426. The van der Waals surface area contributed by atoms with Gasteiger partial charge in [0.2, 0.25) is 0 Å². The van der Waals surface area contributed by atoms with E-state index in [-0.39, 0.29) is 10.8 Å². The average molecular weight is 378 g/mol. The third-order valence-corrected chi connectivity index (χ3v) is 6.30. The van der Waals surface area contributed by atoms with Crippen molar-refractivity contribution in [3.8, 4) is 28.1 Å². The number of nitrogens with zero attached hydrogens (tertiary/aromatic N) is 2. The standard InChI is InChI=1S/C24H31N3O/c1-7-23(3,4)16-13-19(22(28)20(14-16)24(5,6)8-2)17-11-9-10-12-18(17)21-15-25-27-26-21/h9-15,28H,7-8H2,1-6H3,(H,25,26,27). The van der Waals surface area contributed by atoms with Gasteiger partial charge in [-0.1, -0.05) is 77.1 Å². The average Bonchev–Trinajstić information content (AvgIpc) is 3.22. The minimum Gasteiger partial charge on any atom is -0.507 e. The van der Waals surface area contributed by atoms with Crippen LogP contribution in [-0.2, 0) is 10.8 Å². The van der Waals surface area contributed by atoms with Gasteiger partial charge in [0.15, 0.2) is 0 Å². The molecule has 2 N–H and O–H groups in total. The van der Waals surface area contributed by atoms with E-state index >= 15 is 0 Å². The first-order valence-electron chi connectivity index (χ1n) is 10.1. The smallest absolute Gasteiger partial charge is 0.127 e. The number of benzene rings is 2. The van der Waals surface area contributed by atoms with Crippen LogP contribution >= 0.6 is 0 Å². The lowest BCUT2D eigenvalue weighted by atomic mass is 9.74. The van der Waals surface area contributed by atoms with Gasteiger partial charge in [0.05, 0.1) is 6.20 Å². The Balaban J connectivity index is 2.33. The van der Waals surface area contributed by atoms with Crippen molar-refractivity contribution in [2.75, 3.05) is 0 Å². The predicted molar refractivity (Wildman–Crippen MR) is 116 cm³/mol. The van der Waals surface area contributed by atoms with E-state index in [4.69, 9.17) is 0 Å². The van der Waals surface area contributed by atoms with Crippen LogP contribution in [-0.4, -0.2) is 20.5 Å². The molecule has 4 heteroatoms. The van der Waals surface area contributed by atoms with E-state index in [0.717, 1.165) is 40.8 Å². The minimum atomic E-state index is -0.124. The molecule has 0 bridgehead atoms. The van der Waals surface area contributed by atoms with Crippen molar-refractivity contribution in [3.05, 3.63) is 53.7 Å². The van der Waals surface area contributed by atoms with Crippen LogP contribution in [0.4, 0.5) is 0 Å². The number of phenolic OH excluding ortho intramolecular Hbond substituents is 1. The fraction of sp³-hybridized carbons (Fsp3) is 0.417. The summed E-state index contributed by atoms with van der Waals surface area (Å²) in [6.07, 6.45) is 3.75. The second-order valence-electron chi connectivity index (χ2n) is 8.80. The topological polar surface area (TPSA) is 61.8 Å². The molecule has 0 saturated heterocycles. The van der Waals surface area contributed by atoms with Gasteiger partial charge in [0, 0.05) is 16.7 Å². The number of aromatic amines is 1. The number of nitrogens with one attached hydrogen (secondary N) is 1. The van der Waals surface area contributed by atoms with Gasteiger partial charge in [-0.2, -0.15) is 0 Å². The van der Waals surface area contributed by atoms with Gasteiger partial charge in [0.25, 0.3) is 0 Å². The molecule has 148 valence electrons. The van der Waals surface area contributed by atoms with Crippen LogP contribution in [0.1, 0.15) is 65.5 Å². The molecule has 1 aromatic heterocycles. The summed E-state index contributed by atoms with van der Waals surface area (Å²) >= 11 is 0. The van der Waals surface area contributed by atoms with Crippen LogP contribution in [0.5, 0.6) is 5.75 Å². The summed E-state index contributed by atoms with van der Waals surface area (Å²) in [6, 6.07) is 12.4. The highest BCUT2D eigenvalue weighted by atomic mass is 16.3. The molecule has 3 rings (SSSR count). The Morgan fingerprint density at radius 2 is 1.54 bits per heavy atom. The molecule has 0 aliphatic heterocycles. The van der Waals surface area contributed by atoms with Crippen molar-refractivity contribution in [1.82, 2.24) is 15.4 Å². The molecule has 0 saturated carbocycles. The molecule has 0 amide bonds. The molecule has 0 atom stereocenters. The largest absolute Gasteiger partial charge is 0.507 e. The quantitative estimate of drug-likeness (QED) is 0.536. The van der Waals surface area contributed by atoms with E-state index in [1.807, 2.05) is 24.3 Å². The predicted octanol–water partition coefficient (Wildman–Crippen LogP) is 6.22. The van der Waals surface area contributed by atoms with Gasteiger partial charge >= 0.3 is 0 Å². The maximum absolute atomic E-state index is 11.3. The van der Waals surface area contributed by atoms with E-state index in [1.54, 1.807) is 6.20 Å². The van der Waals surface area contributed by atoms with Gasteiger partial charge in [-0.05, 0) is 40.9 Å². The van der Waals surface area contributed by atoms with Gasteiger partial charge in [-0.25, -0.2) is 0 Å². The Bertz CT molecular complexity index is 956. The summed E-state index contributed by atoms with van der Waals surface area (Å²) in [7, 11) is 0. The van der Waals surface area contributed by atoms with Crippen molar-refractivity contribution in [3.63, 3.8) is 0 Å². The molecule has 2 aromatic carbocycles. The molecule has 0 spiro atoms. The van der Waals surface area contributed by atoms with Crippen molar-refractivity contribution in [2.45, 2.75) is 65.2 Å². The Hall–Kier alpha value is -2.62. The molecule has 0 aliphatic rings. The summed E-state index contributed by atoms with van der Waals surface area (Å²) in [4.78, 5) is 0. The molecule has 0 radical (unpaired) electrons. The van der Waals surface area contributed by atoms with E-state index in [0.29, 0.717) is 5.75 Å². The van der Waals surface area contributed by atoms with Crippen LogP contribution in [0.2, 0.25) is 0 Å². The fourth-order valence-corrected chi connectivity index (χ4v) is 3.42. The third-order valence-electron chi connectivity index (χ3n) is 6.30. The molecule has 4 nitrogen and oxygen atoms in total. The zero-order valence-electron chi connectivity index (χ0n) is 17.8. The summed E-state index contributed by atoms with van der Waals surface area (Å²) in [5.74, 6) is 0.360. The number of H-pyrrole nitrogens is 1. The first-order chi connectivity index (χ1) is 13.2. The monoisotopic (exact) mass is 377 g/mol. The summed E-state index contributed by atoms with van der Waals surface area (Å²) in [5, 5.41) is 22.2. The number of aromatic nitrogens is 3. The van der Waals surface area contributed by atoms with Crippen LogP contribution < -0.4 is 0 Å². The second kappa shape index (κ2) is 7.42. The maximum Gasteiger partial charge on any atom is 0.127 e. The number of hydrogen-bond donors (Lipinski definition) is 2. The SMILES string of the molecule is CCC(C)(C)c1cc(-c2ccccc2-c2c[nH]nn2)c(O)c(C(C)(C)CC)c1. The fourth-order valence-electron chi connectivity index (χ4n) is 3.42. The molecular weight excluding hydrogens is 346 g/mol. The van der Waals surface area contributed by atoms with Gasteiger partial charge in [0.1, 0.15) is 11.4 Å². The van der Waals surface area contributed by atoms with Crippen molar-refractivity contribution >= 4 is 0 Å². The van der Waals surface area contributed by atoms with Crippen LogP contribution in [0.3, 0.4) is 0 Å². The van der Waals surface area contributed by atoms with Crippen LogP contribution in [0.25, 0.3) is 22.4 Å². The van der Waals surface area contributed by atoms with Crippen molar-refractivity contribution in [2.24, 2.45) is 0 Å². The van der Waals surface area contributed by atoms with Crippen LogP contribution in [0.15, 0.2) is 42.6 Å². The molecule has 0 fully saturated rings. The first kappa shape index (κ1) is 20.1. The minimum absolute atomic E-state index is 0.0177. The second-order valence-corrected chi connectivity index (χ2v) is 8.80. The number of aromatic hydroxyl groups is 1. The van der Waals surface area contributed by atoms with Gasteiger partial charge in [-0.3, -0.25) is 5.10 Å². The first-order valence-corrected chi connectivity index (χ1v) is 10.1. The highest BCUT2D eigenvalue weighted by Crippen LogP contribution is 2.45. The van der Waals surface area contributed by atoms with E-state index in [2.05, 4.69) is 69.1 Å². The van der Waals surface area contributed by atoms with Crippen LogP contribution in [0, 0.1) is 0 Å². The molecule has 3 aromatic rings. The Labute approximate surface area is 168 Å². The number of rotatable bonds is 6. The Morgan fingerprint density at radius 1 is 0.893 bits per heavy atom. The number of hydrogen-bond acceptors (Lipinski definition) is 3. The summed E-state index contributed by atoms with van der Waals surface area (Å²) in [6.45, 7) is 13.3. The molecule has 1 heterocycles. The number of phenols is 1. The summed E-state index contributed by atoms with van der Waals surface area (Å²) in [5.41, 5.74) is 5.69. The van der Waals surface area contributed by atoms with Gasteiger partial charge in [-0.15, -0.1) is 5.10 Å². The highest BCUT2D eigenvalue weighted by Gasteiger charge is 2.29. The summed E-state index contributed by atoms with van der Waals surface area (Å²) < 4.78 is 0. The van der Waals surface area contributed by atoms with E-state index in [9.17, 15) is 5.11 Å². The third kappa shape index (κ3) is 3.56. The van der Waals surface area contributed by atoms with Crippen molar-refractivity contribution < 1.29 is 5.11 Å². The normalized spacial score (nSPS) is 12.4. The van der Waals surface area contributed by atoms with Crippen molar-refractivity contribution in [1.29, 1.82) is 0 Å². The zero-order valence-corrected chi connectivity index (χ0v) is 17.8. The zero-order chi connectivity index (χ0) is 20.5. The Kier molecular flexibility index (Phi) is 5.33. The lowest BCUT2D eigenvalue weighted by Gasteiger charge is -2.31. The molecule has 0 unspecified atom stereocenters. The molecule has 0 aliphatic carbocycles. The maximum atomic E-state index is 11.3. The van der Waals surface area contributed by atoms with E-state index in [1.165, 1.54) is 5.56 Å². The molecular formula is C24H31N3O. The molecule has 28 heavy (non-hydrogen) atoms. The Morgan fingerprint density at radius 3 is 2.11 bits per heavy atom.